The van der Waals surface area contributed by atoms with Crippen LogP contribution in [0.3, 0.4) is 0 Å². The second-order valence-electron chi connectivity index (χ2n) is 9.79. The van der Waals surface area contributed by atoms with Gasteiger partial charge in [0.25, 0.3) is 0 Å². The molecule has 1 saturated carbocycles. The molecule has 4 aromatic rings. The van der Waals surface area contributed by atoms with Gasteiger partial charge in [-0.25, -0.2) is 0 Å². The summed E-state index contributed by atoms with van der Waals surface area (Å²) in [6, 6.07) is 19.9. The number of rotatable bonds is 9. The molecule has 1 unspecified atom stereocenters. The quantitative estimate of drug-likeness (QED) is 0.236. The van der Waals surface area contributed by atoms with Crippen molar-refractivity contribution in [3.8, 4) is 22.5 Å². The highest BCUT2D eigenvalue weighted by Crippen LogP contribution is 2.48. The standard InChI is InChI=1S/C30H26F3NO5/c1-18-25(16-26(35)38-17-19-3-2-4-24(15-19)30(31,32)33)27(39-34-18)22-7-5-20(6-8-22)21-9-11-23(12-10-21)29(13-14-29)28(36)37/h2-12,15,26,35H,13-14,16-17H2,1H3,(H,36,37). The lowest BCUT2D eigenvalue weighted by Crippen LogP contribution is -2.19. The lowest BCUT2D eigenvalue weighted by atomic mass is 9.93. The van der Waals surface area contributed by atoms with Gasteiger partial charge in [-0.1, -0.05) is 65.8 Å². The van der Waals surface area contributed by atoms with Gasteiger partial charge in [0.2, 0.25) is 0 Å². The maximum absolute atomic E-state index is 13.0. The first-order valence-electron chi connectivity index (χ1n) is 12.4. The highest BCUT2D eigenvalue weighted by Gasteiger charge is 2.51. The van der Waals surface area contributed by atoms with Crippen molar-refractivity contribution in [3.05, 3.63) is 101 Å². The minimum absolute atomic E-state index is 0.0399. The number of alkyl halides is 3. The Labute approximate surface area is 222 Å². The molecular formula is C30H26F3NO5. The van der Waals surface area contributed by atoms with Crippen molar-refractivity contribution in [3.63, 3.8) is 0 Å². The normalized spacial score (nSPS) is 15.2. The Balaban J connectivity index is 1.26. The van der Waals surface area contributed by atoms with Crippen molar-refractivity contribution in [2.24, 2.45) is 0 Å². The Morgan fingerprint density at radius 2 is 1.64 bits per heavy atom. The van der Waals surface area contributed by atoms with E-state index in [1.165, 1.54) is 12.1 Å². The summed E-state index contributed by atoms with van der Waals surface area (Å²) in [6.45, 7) is 1.55. The number of aryl methyl sites for hydroxylation is 1. The van der Waals surface area contributed by atoms with E-state index in [9.17, 15) is 28.2 Å². The molecule has 0 saturated heterocycles. The van der Waals surface area contributed by atoms with Gasteiger partial charge >= 0.3 is 12.1 Å². The zero-order valence-corrected chi connectivity index (χ0v) is 21.0. The average Bonchev–Trinajstić information content (AvgIpc) is 3.67. The Morgan fingerprint density at radius 1 is 1.03 bits per heavy atom. The summed E-state index contributed by atoms with van der Waals surface area (Å²) in [5, 5.41) is 24.0. The van der Waals surface area contributed by atoms with Crippen molar-refractivity contribution >= 4 is 5.97 Å². The van der Waals surface area contributed by atoms with Crippen LogP contribution in [0.1, 0.15) is 40.8 Å². The summed E-state index contributed by atoms with van der Waals surface area (Å²) in [5.41, 5.74) is 3.40. The van der Waals surface area contributed by atoms with Crippen LogP contribution in [-0.4, -0.2) is 27.6 Å². The number of hydrogen-bond donors (Lipinski definition) is 2. The fourth-order valence-corrected chi connectivity index (χ4v) is 4.67. The molecule has 0 bridgehead atoms. The van der Waals surface area contributed by atoms with Crippen LogP contribution < -0.4 is 0 Å². The van der Waals surface area contributed by atoms with E-state index in [1.807, 2.05) is 48.5 Å². The van der Waals surface area contributed by atoms with E-state index in [0.717, 1.165) is 34.4 Å². The third kappa shape index (κ3) is 5.60. The zero-order chi connectivity index (χ0) is 27.8. The number of carboxylic acids is 1. The van der Waals surface area contributed by atoms with Gasteiger partial charge in [-0.3, -0.25) is 4.79 Å². The Bertz CT molecular complexity index is 1470. The second-order valence-corrected chi connectivity index (χ2v) is 9.79. The van der Waals surface area contributed by atoms with Crippen LogP contribution in [-0.2, 0) is 34.2 Å². The van der Waals surface area contributed by atoms with Crippen molar-refractivity contribution in [2.45, 2.75) is 50.7 Å². The number of carboxylic acid groups (broad SMARTS) is 1. The molecule has 2 N–H and O–H groups in total. The zero-order valence-electron chi connectivity index (χ0n) is 21.0. The fourth-order valence-electron chi connectivity index (χ4n) is 4.67. The van der Waals surface area contributed by atoms with E-state index in [2.05, 4.69) is 5.16 Å². The van der Waals surface area contributed by atoms with Gasteiger partial charge in [0.15, 0.2) is 12.1 Å². The molecule has 1 fully saturated rings. The van der Waals surface area contributed by atoms with Gasteiger partial charge in [-0.05, 0) is 54.2 Å². The molecule has 1 aliphatic carbocycles. The van der Waals surface area contributed by atoms with Crippen LogP contribution in [0.15, 0.2) is 77.3 Å². The van der Waals surface area contributed by atoms with Crippen molar-refractivity contribution in [1.29, 1.82) is 0 Å². The van der Waals surface area contributed by atoms with E-state index < -0.39 is 29.4 Å². The van der Waals surface area contributed by atoms with Crippen LogP contribution in [0.5, 0.6) is 0 Å². The molecule has 3 aromatic carbocycles. The van der Waals surface area contributed by atoms with Crippen LogP contribution in [0.25, 0.3) is 22.5 Å². The lowest BCUT2D eigenvalue weighted by molar-refractivity contribution is -0.140. The van der Waals surface area contributed by atoms with Gasteiger partial charge in [-0.15, -0.1) is 0 Å². The molecule has 5 rings (SSSR count). The predicted octanol–water partition coefficient (Wildman–Crippen LogP) is 6.53. The number of halogens is 3. The van der Waals surface area contributed by atoms with Gasteiger partial charge in [-0.2, -0.15) is 13.2 Å². The molecule has 6 nitrogen and oxygen atoms in total. The monoisotopic (exact) mass is 537 g/mol. The number of ether oxygens (including phenoxy) is 1. The molecule has 0 aliphatic heterocycles. The van der Waals surface area contributed by atoms with E-state index in [0.29, 0.717) is 35.4 Å². The van der Waals surface area contributed by atoms with E-state index in [4.69, 9.17) is 9.26 Å². The molecule has 9 heteroatoms. The number of nitrogens with zero attached hydrogens (tertiary/aromatic N) is 1. The molecule has 1 heterocycles. The van der Waals surface area contributed by atoms with Crippen molar-refractivity contribution in [2.75, 3.05) is 0 Å². The summed E-state index contributed by atoms with van der Waals surface area (Å²) < 4.78 is 49.8. The second kappa shape index (κ2) is 10.3. The number of benzene rings is 3. The summed E-state index contributed by atoms with van der Waals surface area (Å²) >= 11 is 0. The smallest absolute Gasteiger partial charge is 0.416 e. The number of aliphatic hydroxyl groups excluding tert-OH is 1. The van der Waals surface area contributed by atoms with E-state index in [1.54, 1.807) is 6.92 Å². The fraction of sp³-hybridized carbons (Fsp3) is 0.267. The minimum atomic E-state index is -4.46. The Morgan fingerprint density at radius 3 is 2.23 bits per heavy atom. The molecule has 0 radical (unpaired) electrons. The third-order valence-corrected chi connectivity index (χ3v) is 7.14. The van der Waals surface area contributed by atoms with Crippen molar-refractivity contribution < 1.29 is 37.4 Å². The van der Waals surface area contributed by atoms with Gasteiger partial charge in [0.05, 0.1) is 23.3 Å². The maximum atomic E-state index is 13.0. The molecule has 0 spiro atoms. The van der Waals surface area contributed by atoms with Gasteiger partial charge in [0.1, 0.15) is 0 Å². The highest BCUT2D eigenvalue weighted by atomic mass is 19.4. The lowest BCUT2D eigenvalue weighted by Gasteiger charge is -2.14. The molecule has 202 valence electrons. The maximum Gasteiger partial charge on any atom is 0.416 e. The molecule has 1 aliphatic rings. The SMILES string of the molecule is Cc1noc(-c2ccc(-c3ccc(C4(C(=O)O)CC4)cc3)cc2)c1CC(O)OCc1cccc(C(F)(F)F)c1. The predicted molar refractivity (Wildman–Crippen MR) is 137 cm³/mol. The number of hydrogen-bond acceptors (Lipinski definition) is 5. The molecular weight excluding hydrogens is 511 g/mol. The van der Waals surface area contributed by atoms with E-state index in [-0.39, 0.29) is 13.0 Å². The first-order chi connectivity index (χ1) is 18.6. The van der Waals surface area contributed by atoms with E-state index >= 15 is 0 Å². The summed E-state index contributed by atoms with van der Waals surface area (Å²) in [6.07, 6.45) is -4.39. The number of carbonyl (C=O) groups is 1. The molecule has 39 heavy (non-hydrogen) atoms. The Hall–Kier alpha value is -3.95. The molecule has 1 aromatic heterocycles. The third-order valence-electron chi connectivity index (χ3n) is 7.14. The van der Waals surface area contributed by atoms with Crippen LogP contribution >= 0.6 is 0 Å². The topological polar surface area (TPSA) is 92.8 Å². The van der Waals surface area contributed by atoms with Crippen LogP contribution in [0, 0.1) is 6.92 Å². The minimum Gasteiger partial charge on any atom is -0.481 e. The molecule has 0 amide bonds. The highest BCUT2D eigenvalue weighted by molar-refractivity contribution is 5.85. The number of aliphatic carboxylic acids is 1. The first kappa shape index (κ1) is 26.6. The summed E-state index contributed by atoms with van der Waals surface area (Å²) in [4.78, 5) is 11.6. The van der Waals surface area contributed by atoms with Gasteiger partial charge < -0.3 is 19.5 Å². The average molecular weight is 538 g/mol. The molecule has 1 atom stereocenters. The summed E-state index contributed by atoms with van der Waals surface area (Å²) in [5.74, 6) is -0.322. The van der Waals surface area contributed by atoms with Crippen LogP contribution in [0.4, 0.5) is 13.2 Å². The van der Waals surface area contributed by atoms with Crippen LogP contribution in [0.2, 0.25) is 0 Å². The number of aromatic nitrogens is 1. The Kier molecular flexibility index (Phi) is 7.05. The first-order valence-corrected chi connectivity index (χ1v) is 12.4. The van der Waals surface area contributed by atoms with Gasteiger partial charge in [0, 0.05) is 17.5 Å². The summed E-state index contributed by atoms with van der Waals surface area (Å²) in [7, 11) is 0. The number of aliphatic hydroxyl groups is 1. The largest absolute Gasteiger partial charge is 0.481 e. The van der Waals surface area contributed by atoms with Crippen molar-refractivity contribution in [1.82, 2.24) is 5.16 Å².